The zero-order valence-corrected chi connectivity index (χ0v) is 9.61. The number of nitrogens with zero attached hydrogens (tertiary/aromatic N) is 1. The van der Waals surface area contributed by atoms with Crippen molar-refractivity contribution in [2.75, 3.05) is 11.1 Å². The molecule has 2 rings (SSSR count). The van der Waals surface area contributed by atoms with Crippen LogP contribution in [-0.2, 0) is 6.54 Å². The Morgan fingerprint density at radius 1 is 1.47 bits per heavy atom. The molecule has 0 unspecified atom stereocenters. The van der Waals surface area contributed by atoms with E-state index in [4.69, 9.17) is 5.73 Å². The third-order valence-electron chi connectivity index (χ3n) is 2.08. The summed E-state index contributed by atoms with van der Waals surface area (Å²) >= 11 is 1.78. The number of aryl methyl sites for hydroxylation is 2. The number of H-pyrrole nitrogens is 1. The van der Waals surface area contributed by atoms with Gasteiger partial charge in [0.15, 0.2) is 5.82 Å². The van der Waals surface area contributed by atoms with Crippen LogP contribution in [0.5, 0.6) is 0 Å². The van der Waals surface area contributed by atoms with E-state index < -0.39 is 0 Å². The summed E-state index contributed by atoms with van der Waals surface area (Å²) in [6.07, 6.45) is 0. The van der Waals surface area contributed by atoms with E-state index in [2.05, 4.69) is 34.3 Å². The molecule has 15 heavy (non-hydrogen) atoms. The molecule has 0 spiro atoms. The number of aromatic amines is 1. The molecule has 0 amide bonds. The van der Waals surface area contributed by atoms with Gasteiger partial charge < -0.3 is 16.0 Å². The van der Waals surface area contributed by atoms with E-state index in [0.29, 0.717) is 5.82 Å². The van der Waals surface area contributed by atoms with E-state index in [1.54, 1.807) is 11.3 Å². The molecule has 0 radical (unpaired) electrons. The fourth-order valence-electron chi connectivity index (χ4n) is 1.40. The quantitative estimate of drug-likeness (QED) is 0.746. The first kappa shape index (κ1) is 10.0. The summed E-state index contributed by atoms with van der Waals surface area (Å²) in [6, 6.07) is 4.23. The summed E-state index contributed by atoms with van der Waals surface area (Å²) in [5.41, 5.74) is 5.73. The van der Waals surface area contributed by atoms with Crippen LogP contribution in [0.25, 0.3) is 0 Å². The van der Waals surface area contributed by atoms with E-state index >= 15 is 0 Å². The molecule has 2 aromatic rings. The fourth-order valence-corrected chi connectivity index (χ4v) is 2.23. The van der Waals surface area contributed by atoms with Gasteiger partial charge in [0.25, 0.3) is 0 Å². The van der Waals surface area contributed by atoms with Crippen LogP contribution in [0.15, 0.2) is 12.1 Å². The summed E-state index contributed by atoms with van der Waals surface area (Å²) in [4.78, 5) is 9.80. The molecule has 0 aliphatic rings. The molecule has 4 N–H and O–H groups in total. The van der Waals surface area contributed by atoms with Gasteiger partial charge >= 0.3 is 0 Å². The number of imidazole rings is 1. The summed E-state index contributed by atoms with van der Waals surface area (Å²) in [6.45, 7) is 4.76. The summed E-state index contributed by atoms with van der Waals surface area (Å²) in [7, 11) is 0. The maximum absolute atomic E-state index is 5.73. The molecule has 0 atom stereocenters. The number of thiophene rings is 1. The number of nitrogens with two attached hydrogens (primary N) is 1. The van der Waals surface area contributed by atoms with E-state index in [1.807, 2.05) is 6.92 Å². The second-order valence-corrected chi connectivity index (χ2v) is 4.82. The van der Waals surface area contributed by atoms with Crippen molar-refractivity contribution >= 4 is 23.0 Å². The highest BCUT2D eigenvalue weighted by atomic mass is 32.1. The van der Waals surface area contributed by atoms with Crippen LogP contribution in [0.4, 0.5) is 11.6 Å². The molecule has 0 aliphatic carbocycles. The predicted octanol–water partition coefficient (Wildman–Crippen LogP) is 2.28. The van der Waals surface area contributed by atoms with Crippen molar-refractivity contribution in [3.8, 4) is 0 Å². The van der Waals surface area contributed by atoms with Gasteiger partial charge in [-0.1, -0.05) is 0 Å². The average molecular weight is 222 g/mol. The van der Waals surface area contributed by atoms with Crippen LogP contribution in [0.1, 0.15) is 15.6 Å². The van der Waals surface area contributed by atoms with E-state index in [9.17, 15) is 0 Å². The first-order valence-electron chi connectivity index (χ1n) is 4.76. The van der Waals surface area contributed by atoms with Crippen molar-refractivity contribution in [2.45, 2.75) is 20.4 Å². The Labute approximate surface area is 92.5 Å². The zero-order chi connectivity index (χ0) is 10.8. The molecule has 80 valence electrons. The molecule has 0 fully saturated rings. The molecule has 0 aliphatic heterocycles. The first-order valence-corrected chi connectivity index (χ1v) is 5.58. The summed E-state index contributed by atoms with van der Waals surface area (Å²) in [5.74, 6) is 2.16. The van der Waals surface area contributed by atoms with Crippen LogP contribution in [0.3, 0.4) is 0 Å². The highest BCUT2D eigenvalue weighted by Gasteiger charge is 2.04. The van der Waals surface area contributed by atoms with Crippen molar-refractivity contribution in [3.05, 3.63) is 27.7 Å². The van der Waals surface area contributed by atoms with Gasteiger partial charge in [-0.2, -0.15) is 0 Å². The van der Waals surface area contributed by atoms with Crippen molar-refractivity contribution in [2.24, 2.45) is 0 Å². The molecule has 0 bridgehead atoms. The van der Waals surface area contributed by atoms with E-state index in [-0.39, 0.29) is 0 Å². The Morgan fingerprint density at radius 2 is 2.27 bits per heavy atom. The lowest BCUT2D eigenvalue weighted by atomic mass is 10.4. The minimum Gasteiger partial charge on any atom is -0.382 e. The minimum atomic E-state index is 0.598. The molecule has 5 heteroatoms. The van der Waals surface area contributed by atoms with E-state index in [0.717, 1.165) is 18.2 Å². The van der Waals surface area contributed by atoms with Gasteiger partial charge in [0, 0.05) is 9.75 Å². The average Bonchev–Trinajstić information content (AvgIpc) is 2.70. The Morgan fingerprint density at radius 3 is 2.80 bits per heavy atom. The molecule has 2 heterocycles. The van der Waals surface area contributed by atoms with Gasteiger partial charge in [-0.05, 0) is 26.0 Å². The van der Waals surface area contributed by atoms with Gasteiger partial charge in [0.2, 0.25) is 0 Å². The third-order valence-corrected chi connectivity index (χ3v) is 3.08. The second kappa shape index (κ2) is 3.94. The third kappa shape index (κ3) is 2.30. The Hall–Kier alpha value is -1.49. The zero-order valence-electron chi connectivity index (χ0n) is 8.79. The molecule has 0 aromatic carbocycles. The normalized spacial score (nSPS) is 10.5. The number of nitrogens with one attached hydrogen (secondary N) is 2. The number of rotatable bonds is 3. The maximum atomic E-state index is 5.73. The van der Waals surface area contributed by atoms with Crippen molar-refractivity contribution in [1.82, 2.24) is 9.97 Å². The first-order chi connectivity index (χ1) is 7.15. The fraction of sp³-hybridized carbons (Fsp3) is 0.300. The minimum absolute atomic E-state index is 0.598. The van der Waals surface area contributed by atoms with Crippen LogP contribution >= 0.6 is 11.3 Å². The van der Waals surface area contributed by atoms with Crippen LogP contribution in [0.2, 0.25) is 0 Å². The number of nitrogen functional groups attached to an aromatic ring is 1. The van der Waals surface area contributed by atoms with Crippen LogP contribution in [-0.4, -0.2) is 9.97 Å². The maximum Gasteiger partial charge on any atom is 0.169 e. The van der Waals surface area contributed by atoms with E-state index in [1.165, 1.54) is 9.75 Å². The van der Waals surface area contributed by atoms with Crippen molar-refractivity contribution in [1.29, 1.82) is 0 Å². The molecular weight excluding hydrogens is 208 g/mol. The highest BCUT2D eigenvalue weighted by molar-refractivity contribution is 7.11. The van der Waals surface area contributed by atoms with Gasteiger partial charge in [0.1, 0.15) is 11.6 Å². The van der Waals surface area contributed by atoms with Crippen LogP contribution < -0.4 is 11.1 Å². The smallest absolute Gasteiger partial charge is 0.169 e. The van der Waals surface area contributed by atoms with Gasteiger partial charge in [-0.15, -0.1) is 11.3 Å². The Balaban J connectivity index is 2.01. The molecule has 0 saturated carbocycles. The summed E-state index contributed by atoms with van der Waals surface area (Å²) < 4.78 is 0. The van der Waals surface area contributed by atoms with Crippen LogP contribution in [0, 0.1) is 13.8 Å². The molecule has 4 nitrogen and oxygen atoms in total. The summed E-state index contributed by atoms with van der Waals surface area (Å²) in [5, 5.41) is 3.21. The highest BCUT2D eigenvalue weighted by Crippen LogP contribution is 2.19. The second-order valence-electron chi connectivity index (χ2n) is 3.45. The standard InChI is InChI=1S/C10H14N4S/c1-6-3-4-8(15-6)5-12-10-9(11)13-7(2)14-10/h3-4,12H,5,11H2,1-2H3,(H,13,14). The lowest BCUT2D eigenvalue weighted by Gasteiger charge is -2.00. The monoisotopic (exact) mass is 222 g/mol. The lowest BCUT2D eigenvalue weighted by Crippen LogP contribution is -2.00. The Bertz CT molecular complexity index is 458. The Kier molecular flexibility index (Phi) is 2.64. The molecular formula is C10H14N4S. The predicted molar refractivity (Wildman–Crippen MR) is 64.1 cm³/mol. The number of aromatic nitrogens is 2. The topological polar surface area (TPSA) is 66.7 Å². The lowest BCUT2D eigenvalue weighted by molar-refractivity contribution is 1.12. The molecule has 0 saturated heterocycles. The van der Waals surface area contributed by atoms with Gasteiger partial charge in [-0.25, -0.2) is 4.98 Å². The number of anilines is 2. The van der Waals surface area contributed by atoms with Crippen molar-refractivity contribution in [3.63, 3.8) is 0 Å². The van der Waals surface area contributed by atoms with Crippen molar-refractivity contribution < 1.29 is 0 Å². The SMILES string of the molecule is Cc1nc(NCc2ccc(C)s2)c(N)[nH]1. The van der Waals surface area contributed by atoms with Gasteiger partial charge in [0.05, 0.1) is 6.54 Å². The molecule has 2 aromatic heterocycles. The number of hydrogen-bond acceptors (Lipinski definition) is 4. The number of hydrogen-bond donors (Lipinski definition) is 3. The largest absolute Gasteiger partial charge is 0.382 e. The van der Waals surface area contributed by atoms with Gasteiger partial charge in [-0.3, -0.25) is 0 Å².